The lowest BCUT2D eigenvalue weighted by molar-refractivity contribution is 0.696. The minimum absolute atomic E-state index is 0.776. The van der Waals surface area contributed by atoms with Gasteiger partial charge in [0.05, 0.1) is 6.33 Å². The highest BCUT2D eigenvalue weighted by atomic mass is 14.9. The SMILES string of the molecule is NCC1CC1Cc1cnc[nH]1. The summed E-state index contributed by atoms with van der Waals surface area (Å²) in [6.07, 6.45) is 6.05. The van der Waals surface area contributed by atoms with E-state index in [1.165, 1.54) is 12.1 Å². The number of nitrogens with two attached hydrogens (primary N) is 1. The maximum Gasteiger partial charge on any atom is 0.0921 e. The summed E-state index contributed by atoms with van der Waals surface area (Å²) in [5, 5.41) is 0. The summed E-state index contributed by atoms with van der Waals surface area (Å²) in [6.45, 7) is 0.846. The van der Waals surface area contributed by atoms with Gasteiger partial charge >= 0.3 is 0 Å². The van der Waals surface area contributed by atoms with Crippen molar-refractivity contribution in [1.82, 2.24) is 9.97 Å². The molecule has 0 saturated heterocycles. The van der Waals surface area contributed by atoms with E-state index in [1.807, 2.05) is 6.20 Å². The molecule has 3 heteroatoms. The minimum Gasteiger partial charge on any atom is -0.348 e. The fraction of sp³-hybridized carbons (Fsp3) is 0.625. The molecule has 1 heterocycles. The predicted molar refractivity (Wildman–Crippen MR) is 42.9 cm³/mol. The van der Waals surface area contributed by atoms with Crippen LogP contribution in [-0.2, 0) is 6.42 Å². The van der Waals surface area contributed by atoms with Crippen molar-refractivity contribution in [2.75, 3.05) is 6.54 Å². The molecule has 0 amide bonds. The summed E-state index contributed by atoms with van der Waals surface area (Å²) >= 11 is 0. The fourth-order valence-corrected chi connectivity index (χ4v) is 1.53. The molecular weight excluding hydrogens is 138 g/mol. The van der Waals surface area contributed by atoms with Crippen molar-refractivity contribution in [3.8, 4) is 0 Å². The Morgan fingerprint density at radius 3 is 3.09 bits per heavy atom. The van der Waals surface area contributed by atoms with Gasteiger partial charge in [0.2, 0.25) is 0 Å². The van der Waals surface area contributed by atoms with Gasteiger partial charge in [-0.3, -0.25) is 0 Å². The Labute approximate surface area is 66.0 Å². The summed E-state index contributed by atoms with van der Waals surface area (Å²) in [6, 6.07) is 0. The van der Waals surface area contributed by atoms with Crippen molar-refractivity contribution in [1.29, 1.82) is 0 Å². The number of aromatic amines is 1. The molecule has 2 unspecified atom stereocenters. The molecule has 1 aliphatic carbocycles. The lowest BCUT2D eigenvalue weighted by Gasteiger charge is -1.93. The lowest BCUT2D eigenvalue weighted by Crippen LogP contribution is -2.03. The fourth-order valence-electron chi connectivity index (χ4n) is 1.53. The van der Waals surface area contributed by atoms with Gasteiger partial charge in [-0.15, -0.1) is 0 Å². The van der Waals surface area contributed by atoms with E-state index >= 15 is 0 Å². The number of aromatic nitrogens is 2. The van der Waals surface area contributed by atoms with Crippen LogP contribution in [0.3, 0.4) is 0 Å². The Kier molecular flexibility index (Phi) is 1.66. The second-order valence-corrected chi connectivity index (χ2v) is 3.27. The first-order chi connectivity index (χ1) is 5.40. The lowest BCUT2D eigenvalue weighted by atomic mass is 10.2. The number of H-pyrrole nitrogens is 1. The zero-order valence-electron chi connectivity index (χ0n) is 6.46. The van der Waals surface area contributed by atoms with Gasteiger partial charge in [0, 0.05) is 11.9 Å². The molecule has 1 aromatic heterocycles. The van der Waals surface area contributed by atoms with Gasteiger partial charge in [-0.05, 0) is 31.2 Å². The predicted octanol–water partition coefficient (Wildman–Crippen LogP) is 0.547. The molecule has 0 spiro atoms. The number of hydrogen-bond donors (Lipinski definition) is 2. The van der Waals surface area contributed by atoms with Gasteiger partial charge < -0.3 is 10.7 Å². The summed E-state index contributed by atoms with van der Waals surface area (Å²) < 4.78 is 0. The molecule has 3 nitrogen and oxygen atoms in total. The molecule has 1 aliphatic rings. The molecule has 0 bridgehead atoms. The third-order valence-electron chi connectivity index (χ3n) is 2.41. The molecule has 60 valence electrons. The van der Waals surface area contributed by atoms with E-state index in [1.54, 1.807) is 6.33 Å². The van der Waals surface area contributed by atoms with Crippen molar-refractivity contribution in [2.24, 2.45) is 17.6 Å². The molecule has 1 saturated carbocycles. The highest BCUT2D eigenvalue weighted by molar-refractivity contribution is 5.01. The molecule has 11 heavy (non-hydrogen) atoms. The van der Waals surface area contributed by atoms with Crippen LogP contribution in [0.4, 0.5) is 0 Å². The second-order valence-electron chi connectivity index (χ2n) is 3.27. The third-order valence-corrected chi connectivity index (χ3v) is 2.41. The second kappa shape index (κ2) is 2.66. The van der Waals surface area contributed by atoms with Gasteiger partial charge in [0.25, 0.3) is 0 Å². The van der Waals surface area contributed by atoms with E-state index < -0.39 is 0 Å². The highest BCUT2D eigenvalue weighted by Gasteiger charge is 2.35. The largest absolute Gasteiger partial charge is 0.348 e. The van der Waals surface area contributed by atoms with Gasteiger partial charge in [-0.25, -0.2) is 4.98 Å². The quantitative estimate of drug-likeness (QED) is 0.662. The first kappa shape index (κ1) is 6.85. The van der Waals surface area contributed by atoms with Crippen LogP contribution >= 0.6 is 0 Å². The Hall–Kier alpha value is -0.830. The molecule has 0 radical (unpaired) electrons. The van der Waals surface area contributed by atoms with Gasteiger partial charge in [0.1, 0.15) is 0 Å². The van der Waals surface area contributed by atoms with Crippen molar-refractivity contribution in [3.05, 3.63) is 18.2 Å². The number of rotatable bonds is 3. The van der Waals surface area contributed by atoms with Gasteiger partial charge in [0.15, 0.2) is 0 Å². The molecule has 0 aliphatic heterocycles. The normalized spacial score (nSPS) is 28.8. The molecule has 1 aromatic rings. The third kappa shape index (κ3) is 1.43. The highest BCUT2D eigenvalue weighted by Crippen LogP contribution is 2.39. The smallest absolute Gasteiger partial charge is 0.0921 e. The minimum atomic E-state index is 0.776. The van der Waals surface area contributed by atoms with Crippen LogP contribution in [-0.4, -0.2) is 16.5 Å². The summed E-state index contributed by atoms with van der Waals surface area (Å²) in [5.74, 6) is 1.60. The molecule has 1 fully saturated rings. The topological polar surface area (TPSA) is 54.7 Å². The number of nitrogens with one attached hydrogen (secondary N) is 1. The molecule has 2 atom stereocenters. The maximum absolute atomic E-state index is 5.53. The number of nitrogens with zero attached hydrogens (tertiary/aromatic N) is 1. The van der Waals surface area contributed by atoms with Gasteiger partial charge in [-0.1, -0.05) is 0 Å². The zero-order valence-corrected chi connectivity index (χ0v) is 6.46. The van der Waals surface area contributed by atoms with Crippen LogP contribution in [0.2, 0.25) is 0 Å². The van der Waals surface area contributed by atoms with Crippen LogP contribution in [0.5, 0.6) is 0 Å². The average Bonchev–Trinajstić information content (AvgIpc) is 2.54. The number of hydrogen-bond acceptors (Lipinski definition) is 2. The standard InChI is InChI=1S/C8H13N3/c9-3-7-1-6(7)2-8-4-10-5-11-8/h4-7H,1-3,9H2,(H,10,11). The van der Waals surface area contributed by atoms with E-state index in [2.05, 4.69) is 9.97 Å². The Balaban J connectivity index is 1.85. The van der Waals surface area contributed by atoms with E-state index in [0.717, 1.165) is 24.8 Å². The van der Waals surface area contributed by atoms with Crippen molar-refractivity contribution < 1.29 is 0 Å². The summed E-state index contributed by atoms with van der Waals surface area (Å²) in [4.78, 5) is 7.07. The van der Waals surface area contributed by atoms with Crippen LogP contribution in [0.1, 0.15) is 12.1 Å². The monoisotopic (exact) mass is 151 g/mol. The van der Waals surface area contributed by atoms with E-state index in [4.69, 9.17) is 5.73 Å². The van der Waals surface area contributed by atoms with E-state index in [0.29, 0.717) is 0 Å². The average molecular weight is 151 g/mol. The Morgan fingerprint density at radius 1 is 1.64 bits per heavy atom. The first-order valence-electron chi connectivity index (χ1n) is 4.07. The van der Waals surface area contributed by atoms with Crippen LogP contribution in [0.25, 0.3) is 0 Å². The van der Waals surface area contributed by atoms with Gasteiger partial charge in [-0.2, -0.15) is 0 Å². The number of imidazole rings is 1. The van der Waals surface area contributed by atoms with Crippen molar-refractivity contribution in [2.45, 2.75) is 12.8 Å². The van der Waals surface area contributed by atoms with E-state index in [9.17, 15) is 0 Å². The molecule has 0 aromatic carbocycles. The molecule has 2 rings (SSSR count). The van der Waals surface area contributed by atoms with Crippen LogP contribution < -0.4 is 5.73 Å². The van der Waals surface area contributed by atoms with Crippen LogP contribution in [0, 0.1) is 11.8 Å². The Morgan fingerprint density at radius 2 is 2.55 bits per heavy atom. The van der Waals surface area contributed by atoms with Crippen molar-refractivity contribution >= 4 is 0 Å². The maximum atomic E-state index is 5.53. The summed E-state index contributed by atoms with van der Waals surface area (Å²) in [7, 11) is 0. The molecule has 3 N–H and O–H groups in total. The Bertz CT molecular complexity index is 217. The zero-order chi connectivity index (χ0) is 7.68. The van der Waals surface area contributed by atoms with E-state index in [-0.39, 0.29) is 0 Å². The summed E-state index contributed by atoms with van der Waals surface area (Å²) in [5.41, 5.74) is 6.77. The van der Waals surface area contributed by atoms with Crippen LogP contribution in [0.15, 0.2) is 12.5 Å². The van der Waals surface area contributed by atoms with Crippen molar-refractivity contribution in [3.63, 3.8) is 0 Å². The first-order valence-corrected chi connectivity index (χ1v) is 4.07. The molecular formula is C8H13N3.